The van der Waals surface area contributed by atoms with Crippen molar-refractivity contribution in [3.05, 3.63) is 212 Å². The van der Waals surface area contributed by atoms with E-state index in [1.54, 1.807) is 0 Å². The molecule has 0 amide bonds. The number of hydrogen-bond donors (Lipinski definition) is 0. The minimum atomic E-state index is 1.11. The summed E-state index contributed by atoms with van der Waals surface area (Å²) >= 11 is 0. The van der Waals surface area contributed by atoms with Crippen molar-refractivity contribution in [2.45, 2.75) is 0 Å². The minimum Gasteiger partial charge on any atom is -0.311 e. The number of hydrogen-bond acceptors (Lipinski definition) is 1. The lowest BCUT2D eigenvalue weighted by atomic mass is 9.93. The summed E-state index contributed by atoms with van der Waals surface area (Å²) in [4.78, 5) is 2.34. The lowest BCUT2D eigenvalue weighted by Crippen LogP contribution is -2.09. The summed E-state index contributed by atoms with van der Waals surface area (Å²) in [6, 6.07) is 77.2. The Labute approximate surface area is 309 Å². The third-order valence-electron chi connectivity index (χ3n) is 10.6. The molecule has 0 N–H and O–H groups in total. The lowest BCUT2D eigenvalue weighted by Gasteiger charge is -2.26. The van der Waals surface area contributed by atoms with Crippen molar-refractivity contribution in [1.29, 1.82) is 0 Å². The lowest BCUT2D eigenvalue weighted by molar-refractivity contribution is 1.28. The zero-order valence-electron chi connectivity index (χ0n) is 29.2. The van der Waals surface area contributed by atoms with Crippen LogP contribution in [-0.2, 0) is 0 Å². The van der Waals surface area contributed by atoms with Crippen LogP contribution < -0.4 is 4.90 Å². The van der Waals surface area contributed by atoms with E-state index in [-0.39, 0.29) is 0 Å². The van der Waals surface area contributed by atoms with E-state index in [2.05, 4.69) is 217 Å². The Hall–Kier alpha value is -6.96. The van der Waals surface area contributed by atoms with Crippen LogP contribution in [0.4, 0.5) is 17.1 Å². The smallest absolute Gasteiger partial charge is 0.0462 e. The highest BCUT2D eigenvalue weighted by Crippen LogP contribution is 2.40. The maximum Gasteiger partial charge on any atom is 0.0462 e. The van der Waals surface area contributed by atoms with Crippen LogP contribution in [0.5, 0.6) is 0 Å². The number of fused-ring (bicyclic) bond motifs is 6. The third-order valence-corrected chi connectivity index (χ3v) is 10.6. The van der Waals surface area contributed by atoms with Crippen LogP contribution in [0.25, 0.3) is 76.5 Å². The first-order valence-corrected chi connectivity index (χ1v) is 18.3. The molecule has 0 bridgehead atoms. The molecule has 53 heavy (non-hydrogen) atoms. The molecule has 0 spiro atoms. The largest absolute Gasteiger partial charge is 0.311 e. The molecule has 10 aromatic rings. The van der Waals surface area contributed by atoms with Gasteiger partial charge in [-0.1, -0.05) is 158 Å². The van der Waals surface area contributed by atoms with E-state index in [9.17, 15) is 0 Å². The van der Waals surface area contributed by atoms with Crippen LogP contribution in [-0.4, -0.2) is 0 Å². The zero-order valence-corrected chi connectivity index (χ0v) is 29.2. The van der Waals surface area contributed by atoms with E-state index in [1.165, 1.54) is 76.5 Å². The van der Waals surface area contributed by atoms with Crippen molar-refractivity contribution in [1.82, 2.24) is 0 Å². The van der Waals surface area contributed by atoms with Gasteiger partial charge in [-0.15, -0.1) is 0 Å². The van der Waals surface area contributed by atoms with Crippen LogP contribution in [0.15, 0.2) is 212 Å². The Morgan fingerprint density at radius 2 is 0.736 bits per heavy atom. The van der Waals surface area contributed by atoms with Crippen molar-refractivity contribution < 1.29 is 0 Å². The number of nitrogens with zero attached hydrogens (tertiary/aromatic N) is 1. The normalized spacial score (nSPS) is 11.4. The fraction of sp³-hybridized carbons (Fsp3) is 0. The summed E-state index contributed by atoms with van der Waals surface area (Å²) in [5.41, 5.74) is 10.6. The Kier molecular flexibility index (Phi) is 7.55. The van der Waals surface area contributed by atoms with Gasteiger partial charge in [-0.3, -0.25) is 0 Å². The molecule has 10 aromatic carbocycles. The summed E-state index contributed by atoms with van der Waals surface area (Å²) in [6.45, 7) is 0. The Balaban J connectivity index is 1.02. The third kappa shape index (κ3) is 5.60. The van der Waals surface area contributed by atoms with E-state index >= 15 is 0 Å². The molecule has 0 aliphatic heterocycles. The van der Waals surface area contributed by atoms with E-state index in [0.717, 1.165) is 17.1 Å². The summed E-state index contributed by atoms with van der Waals surface area (Å²) < 4.78 is 0. The Morgan fingerprint density at radius 1 is 0.245 bits per heavy atom. The topological polar surface area (TPSA) is 3.24 Å². The van der Waals surface area contributed by atoms with Gasteiger partial charge in [0.1, 0.15) is 0 Å². The second-order valence-corrected chi connectivity index (χ2v) is 13.8. The number of rotatable bonds is 6. The van der Waals surface area contributed by atoms with Gasteiger partial charge >= 0.3 is 0 Å². The van der Waals surface area contributed by atoms with Crippen LogP contribution in [0.1, 0.15) is 0 Å². The van der Waals surface area contributed by atoms with Crippen LogP contribution >= 0.6 is 0 Å². The molecule has 0 heterocycles. The quantitative estimate of drug-likeness (QED) is 0.159. The molecule has 1 heteroatoms. The summed E-state index contributed by atoms with van der Waals surface area (Å²) in [5.74, 6) is 0. The van der Waals surface area contributed by atoms with Gasteiger partial charge in [-0.2, -0.15) is 0 Å². The summed E-state index contributed by atoms with van der Waals surface area (Å²) in [7, 11) is 0. The number of benzene rings is 10. The maximum absolute atomic E-state index is 2.36. The molecule has 0 aromatic heterocycles. The van der Waals surface area contributed by atoms with Gasteiger partial charge in [0, 0.05) is 17.1 Å². The molecule has 0 aliphatic carbocycles. The monoisotopic (exact) mass is 673 g/mol. The van der Waals surface area contributed by atoms with E-state index in [0.29, 0.717) is 0 Å². The Bertz CT molecular complexity index is 2900. The van der Waals surface area contributed by atoms with Gasteiger partial charge < -0.3 is 4.90 Å². The van der Waals surface area contributed by atoms with Crippen molar-refractivity contribution >= 4 is 60.2 Å². The second kappa shape index (κ2) is 13.0. The zero-order chi connectivity index (χ0) is 35.1. The first-order chi connectivity index (χ1) is 26.3. The van der Waals surface area contributed by atoms with Crippen LogP contribution in [0, 0.1) is 0 Å². The van der Waals surface area contributed by atoms with Crippen molar-refractivity contribution in [3.8, 4) is 33.4 Å². The minimum absolute atomic E-state index is 1.11. The highest BCUT2D eigenvalue weighted by atomic mass is 15.1. The van der Waals surface area contributed by atoms with Gasteiger partial charge in [-0.25, -0.2) is 0 Å². The van der Waals surface area contributed by atoms with Gasteiger partial charge in [-0.05, 0) is 131 Å². The molecule has 1 nitrogen and oxygen atoms in total. The van der Waals surface area contributed by atoms with Crippen molar-refractivity contribution in [2.75, 3.05) is 4.90 Å². The molecule has 0 aliphatic rings. The van der Waals surface area contributed by atoms with Gasteiger partial charge in [0.25, 0.3) is 0 Å². The molecule has 0 fully saturated rings. The molecule has 0 radical (unpaired) electrons. The number of anilines is 3. The van der Waals surface area contributed by atoms with Crippen molar-refractivity contribution in [2.24, 2.45) is 0 Å². The maximum atomic E-state index is 2.36. The molecule has 10 rings (SSSR count). The van der Waals surface area contributed by atoms with Crippen LogP contribution in [0.2, 0.25) is 0 Å². The molecule has 0 saturated heterocycles. The van der Waals surface area contributed by atoms with Crippen LogP contribution in [0.3, 0.4) is 0 Å². The van der Waals surface area contributed by atoms with Crippen molar-refractivity contribution in [3.63, 3.8) is 0 Å². The highest BCUT2D eigenvalue weighted by molar-refractivity contribution is 6.20. The van der Waals surface area contributed by atoms with Gasteiger partial charge in [0.15, 0.2) is 0 Å². The second-order valence-electron chi connectivity index (χ2n) is 13.8. The Morgan fingerprint density at radius 3 is 1.43 bits per heavy atom. The summed E-state index contributed by atoms with van der Waals surface area (Å²) in [6.07, 6.45) is 0. The number of para-hydroxylation sites is 1. The van der Waals surface area contributed by atoms with E-state index in [4.69, 9.17) is 0 Å². The standard InChI is InChI=1S/C52H35N/c1-3-11-38(12-4-1)50-35-44(33-43-14-8-9-17-48(43)50)37-27-31-47(32-28-37)53(45-15-5-2-6-16-45)46-29-25-36(26-30-46)42-24-21-40-20-23-41-22-19-39-13-7-10-18-49(39)52(41)51(40)34-42/h1-35H. The average Bonchev–Trinajstić information content (AvgIpc) is 3.24. The van der Waals surface area contributed by atoms with E-state index in [1.807, 2.05) is 0 Å². The first-order valence-electron chi connectivity index (χ1n) is 18.3. The molecule has 248 valence electrons. The molecule has 0 saturated carbocycles. The predicted molar refractivity (Wildman–Crippen MR) is 227 cm³/mol. The summed E-state index contributed by atoms with van der Waals surface area (Å²) in [5, 5.41) is 10.2. The average molecular weight is 674 g/mol. The highest BCUT2D eigenvalue weighted by Gasteiger charge is 2.15. The van der Waals surface area contributed by atoms with Gasteiger partial charge in [0.2, 0.25) is 0 Å². The fourth-order valence-electron chi connectivity index (χ4n) is 7.97. The first kappa shape index (κ1) is 30.8. The predicted octanol–water partition coefficient (Wildman–Crippen LogP) is 14.8. The molecule has 0 atom stereocenters. The van der Waals surface area contributed by atoms with E-state index < -0.39 is 0 Å². The molecule has 0 unspecified atom stereocenters. The molecular weight excluding hydrogens is 639 g/mol. The van der Waals surface area contributed by atoms with Gasteiger partial charge in [0.05, 0.1) is 0 Å². The SMILES string of the molecule is c1ccc(-c2cc(-c3ccc(N(c4ccccc4)c4ccc(-c5ccc6ccc7ccc8ccccc8c7c6c5)cc4)cc3)cc3ccccc23)cc1. The molecular formula is C52H35N. The fourth-order valence-corrected chi connectivity index (χ4v) is 7.97.